The van der Waals surface area contributed by atoms with E-state index in [1.807, 2.05) is 34.2 Å². The van der Waals surface area contributed by atoms with Gasteiger partial charge in [0.1, 0.15) is 0 Å². The van der Waals surface area contributed by atoms with E-state index in [2.05, 4.69) is 4.98 Å². The minimum atomic E-state index is -0.0701. The van der Waals surface area contributed by atoms with Gasteiger partial charge in [-0.15, -0.1) is 0 Å². The summed E-state index contributed by atoms with van der Waals surface area (Å²) < 4.78 is 1.88. The van der Waals surface area contributed by atoms with Crippen LogP contribution in [0.2, 0.25) is 0 Å². The highest BCUT2D eigenvalue weighted by atomic mass is 16.2. The molecule has 33 heavy (non-hydrogen) atoms. The number of carbonyl (C=O) groups excluding carboxylic acids is 2. The highest BCUT2D eigenvalue weighted by Crippen LogP contribution is 2.33. The molecule has 0 aromatic carbocycles. The van der Waals surface area contributed by atoms with Crippen LogP contribution in [0.25, 0.3) is 5.65 Å². The number of likely N-dealkylation sites (tertiary alicyclic amines) is 2. The van der Waals surface area contributed by atoms with Crippen molar-refractivity contribution in [3.63, 3.8) is 0 Å². The minimum Gasteiger partial charge on any atom is -0.343 e. The van der Waals surface area contributed by atoms with Gasteiger partial charge in [0.2, 0.25) is 5.91 Å². The number of pyridine rings is 1. The van der Waals surface area contributed by atoms with Crippen LogP contribution in [0.3, 0.4) is 0 Å². The molecule has 3 aromatic rings. The molecule has 0 saturated carbocycles. The van der Waals surface area contributed by atoms with Crippen molar-refractivity contribution in [3.8, 4) is 0 Å². The molecule has 8 heteroatoms. The highest BCUT2D eigenvalue weighted by molar-refractivity contribution is 5.94. The molecule has 0 radical (unpaired) electrons. The molecular weight excluding hydrogens is 416 g/mol. The van der Waals surface area contributed by atoms with Gasteiger partial charge in [-0.25, -0.2) is 9.50 Å². The fourth-order valence-corrected chi connectivity index (χ4v) is 5.20. The van der Waals surface area contributed by atoms with Crippen molar-refractivity contribution in [2.24, 2.45) is 0 Å². The predicted octanol–water partition coefficient (Wildman–Crippen LogP) is 3.27. The fourth-order valence-electron chi connectivity index (χ4n) is 5.20. The van der Waals surface area contributed by atoms with E-state index >= 15 is 0 Å². The largest absolute Gasteiger partial charge is 0.343 e. The van der Waals surface area contributed by atoms with Gasteiger partial charge in [0.25, 0.3) is 5.91 Å². The zero-order chi connectivity index (χ0) is 22.9. The Hall–Kier alpha value is -3.29. The average molecular weight is 447 g/mol. The molecule has 1 atom stereocenters. The van der Waals surface area contributed by atoms with Gasteiger partial charge in [0.05, 0.1) is 17.3 Å². The van der Waals surface area contributed by atoms with Crippen LogP contribution in [0.4, 0.5) is 0 Å². The highest BCUT2D eigenvalue weighted by Gasteiger charge is 2.33. The zero-order valence-electron chi connectivity index (χ0n) is 19.3. The van der Waals surface area contributed by atoms with E-state index in [9.17, 15) is 9.59 Å². The summed E-state index contributed by atoms with van der Waals surface area (Å²) in [7, 11) is 0. The maximum Gasteiger partial charge on any atom is 0.255 e. The van der Waals surface area contributed by atoms with Crippen LogP contribution in [0, 0.1) is 13.8 Å². The van der Waals surface area contributed by atoms with E-state index in [1.54, 1.807) is 24.5 Å². The van der Waals surface area contributed by atoms with E-state index in [0.29, 0.717) is 24.9 Å². The maximum atomic E-state index is 13.1. The van der Waals surface area contributed by atoms with Crippen LogP contribution >= 0.6 is 0 Å². The van der Waals surface area contributed by atoms with E-state index in [1.165, 1.54) is 0 Å². The summed E-state index contributed by atoms with van der Waals surface area (Å²) in [6.07, 6.45) is 8.49. The molecule has 2 fully saturated rings. The first-order valence-corrected chi connectivity index (χ1v) is 11.9. The molecule has 5 heterocycles. The molecule has 5 rings (SSSR count). The van der Waals surface area contributed by atoms with Gasteiger partial charge in [0, 0.05) is 55.9 Å². The van der Waals surface area contributed by atoms with Crippen LogP contribution in [0.15, 0.2) is 30.6 Å². The van der Waals surface area contributed by atoms with E-state index in [-0.39, 0.29) is 17.9 Å². The number of hydrogen-bond acceptors (Lipinski definition) is 5. The lowest BCUT2D eigenvalue weighted by Gasteiger charge is -2.23. The lowest BCUT2D eigenvalue weighted by atomic mass is 10.1. The number of amides is 2. The second kappa shape index (κ2) is 8.92. The second-order valence-corrected chi connectivity index (χ2v) is 9.09. The van der Waals surface area contributed by atoms with Crippen molar-refractivity contribution in [2.75, 3.05) is 19.6 Å². The van der Waals surface area contributed by atoms with Gasteiger partial charge < -0.3 is 9.80 Å². The topological polar surface area (TPSA) is 83.7 Å². The van der Waals surface area contributed by atoms with Crippen LogP contribution in [-0.4, -0.2) is 60.8 Å². The first-order chi connectivity index (χ1) is 16.0. The average Bonchev–Trinajstić information content (AvgIpc) is 3.59. The number of aromatic nitrogens is 4. The lowest BCUT2D eigenvalue weighted by Crippen LogP contribution is -2.30. The van der Waals surface area contributed by atoms with E-state index in [0.717, 1.165) is 67.1 Å². The molecule has 2 aliphatic rings. The summed E-state index contributed by atoms with van der Waals surface area (Å²) in [5, 5.41) is 4.88. The molecule has 2 saturated heterocycles. The normalized spacial score (nSPS) is 18.4. The molecule has 1 unspecified atom stereocenters. The van der Waals surface area contributed by atoms with E-state index in [4.69, 9.17) is 10.1 Å². The number of hydrogen-bond donors (Lipinski definition) is 0. The Balaban J connectivity index is 1.39. The summed E-state index contributed by atoms with van der Waals surface area (Å²) in [6.45, 7) is 6.52. The van der Waals surface area contributed by atoms with Gasteiger partial charge in [-0.3, -0.25) is 14.6 Å². The lowest BCUT2D eigenvalue weighted by molar-refractivity contribution is -0.130. The summed E-state index contributed by atoms with van der Waals surface area (Å²) in [5.41, 5.74) is 5.29. The smallest absolute Gasteiger partial charge is 0.255 e. The number of nitrogens with zero attached hydrogens (tertiary/aromatic N) is 6. The van der Waals surface area contributed by atoms with Crippen molar-refractivity contribution in [1.29, 1.82) is 0 Å². The number of aryl methyl sites for hydroxylation is 2. The molecule has 2 amide bonds. The Kier molecular flexibility index (Phi) is 5.83. The van der Waals surface area contributed by atoms with Crippen molar-refractivity contribution >= 4 is 17.5 Å². The molecule has 0 N–H and O–H groups in total. The fraction of sp³-hybridized carbons (Fsp3) is 0.480. The van der Waals surface area contributed by atoms with Crippen molar-refractivity contribution < 1.29 is 9.59 Å². The third kappa shape index (κ3) is 4.10. The van der Waals surface area contributed by atoms with Crippen molar-refractivity contribution in [3.05, 3.63) is 58.8 Å². The molecule has 3 aromatic heterocycles. The molecule has 0 bridgehead atoms. The van der Waals surface area contributed by atoms with Gasteiger partial charge in [-0.1, -0.05) is 0 Å². The SMILES string of the molecule is Cc1nc2cc(C3CCCN3C(=O)c3cccnc3)nn2c(C)c1CCC(=O)N1CCCC1. The predicted molar refractivity (Wildman–Crippen MR) is 124 cm³/mol. The van der Waals surface area contributed by atoms with Gasteiger partial charge in [0.15, 0.2) is 5.65 Å². The van der Waals surface area contributed by atoms with Crippen LogP contribution in [-0.2, 0) is 11.2 Å². The molecule has 8 nitrogen and oxygen atoms in total. The standard InChI is InChI=1S/C25H30N6O2/c1-17-20(9-10-24(32)29-12-3-4-13-29)18(2)31-23(27-17)15-21(28-31)22-8-6-14-30(22)25(33)19-7-5-11-26-16-19/h5,7,11,15-16,22H,3-4,6,8-10,12-14H2,1-2H3. The second-order valence-electron chi connectivity index (χ2n) is 9.09. The summed E-state index contributed by atoms with van der Waals surface area (Å²) >= 11 is 0. The first kappa shape index (κ1) is 21.6. The Morgan fingerprint density at radius 3 is 2.70 bits per heavy atom. The maximum absolute atomic E-state index is 13.1. The van der Waals surface area contributed by atoms with Gasteiger partial charge >= 0.3 is 0 Å². The number of carbonyl (C=O) groups is 2. The van der Waals surface area contributed by atoms with Crippen LogP contribution in [0.1, 0.15) is 71.1 Å². The molecular formula is C25H30N6O2. The van der Waals surface area contributed by atoms with Crippen LogP contribution in [0.5, 0.6) is 0 Å². The molecule has 0 spiro atoms. The summed E-state index contributed by atoms with van der Waals surface area (Å²) in [6, 6.07) is 5.52. The Morgan fingerprint density at radius 1 is 1.12 bits per heavy atom. The quantitative estimate of drug-likeness (QED) is 0.601. The van der Waals surface area contributed by atoms with Gasteiger partial charge in [-0.2, -0.15) is 5.10 Å². The van der Waals surface area contributed by atoms with Crippen molar-refractivity contribution in [2.45, 2.75) is 58.4 Å². The monoisotopic (exact) mass is 446 g/mol. The third-order valence-electron chi connectivity index (χ3n) is 6.99. The Labute approximate surface area is 193 Å². The van der Waals surface area contributed by atoms with Gasteiger partial charge in [-0.05, 0) is 63.6 Å². The minimum absolute atomic E-state index is 0.00960. The number of rotatable bonds is 5. The number of fused-ring (bicyclic) bond motifs is 1. The zero-order valence-corrected chi connectivity index (χ0v) is 19.3. The molecule has 172 valence electrons. The van der Waals surface area contributed by atoms with Crippen LogP contribution < -0.4 is 0 Å². The van der Waals surface area contributed by atoms with E-state index < -0.39 is 0 Å². The summed E-state index contributed by atoms with van der Waals surface area (Å²) in [5.74, 6) is 0.215. The Bertz CT molecular complexity index is 1180. The first-order valence-electron chi connectivity index (χ1n) is 11.9. The molecule has 0 aliphatic carbocycles. The third-order valence-corrected chi connectivity index (χ3v) is 6.99. The Morgan fingerprint density at radius 2 is 1.94 bits per heavy atom. The summed E-state index contributed by atoms with van der Waals surface area (Å²) in [4.78, 5) is 38.4. The van der Waals surface area contributed by atoms with Crippen molar-refractivity contribution in [1.82, 2.24) is 29.4 Å². The molecule has 2 aliphatic heterocycles.